The molecule has 2 aliphatic heterocycles. The molecule has 0 saturated carbocycles. The van der Waals surface area contributed by atoms with Gasteiger partial charge in [-0.3, -0.25) is 14.2 Å². The molecule has 3 aromatic rings. The highest BCUT2D eigenvalue weighted by Gasteiger charge is 2.21. The highest BCUT2D eigenvalue weighted by molar-refractivity contribution is 7.71. The fourth-order valence-corrected chi connectivity index (χ4v) is 4.20. The van der Waals surface area contributed by atoms with Gasteiger partial charge in [-0.05, 0) is 55.2 Å². The van der Waals surface area contributed by atoms with Crippen LogP contribution in [0, 0.1) is 4.77 Å². The van der Waals surface area contributed by atoms with E-state index in [2.05, 4.69) is 9.88 Å². The fraction of sp³-hybridized carbons (Fsp3) is 0.318. The van der Waals surface area contributed by atoms with Crippen LogP contribution in [0.1, 0.15) is 15.9 Å². The van der Waals surface area contributed by atoms with Gasteiger partial charge in [0.15, 0.2) is 16.3 Å². The van der Waals surface area contributed by atoms with Crippen molar-refractivity contribution in [2.45, 2.75) is 6.54 Å². The number of carbonyl (C=O) groups is 1. The minimum absolute atomic E-state index is 0.0288. The number of benzene rings is 2. The van der Waals surface area contributed by atoms with E-state index >= 15 is 0 Å². The van der Waals surface area contributed by atoms with Crippen LogP contribution in [0.15, 0.2) is 41.2 Å². The molecule has 1 N–H and O–H groups in total. The molecule has 0 atom stereocenters. The van der Waals surface area contributed by atoms with Crippen molar-refractivity contribution in [3.63, 3.8) is 0 Å². The highest BCUT2D eigenvalue weighted by atomic mass is 32.1. The quantitative estimate of drug-likeness (QED) is 0.632. The van der Waals surface area contributed by atoms with E-state index in [9.17, 15) is 9.59 Å². The van der Waals surface area contributed by atoms with Crippen LogP contribution in [-0.2, 0) is 6.54 Å². The smallest absolute Gasteiger partial charge is 0.262 e. The first kappa shape index (κ1) is 19.8. The zero-order chi connectivity index (χ0) is 21.5. The number of hydrogen-bond donors (Lipinski definition) is 1. The topological polar surface area (TPSA) is 79.8 Å². The second-order valence-electron chi connectivity index (χ2n) is 7.86. The molecule has 9 heteroatoms. The number of nitrogens with zero attached hydrogens (tertiary/aromatic N) is 3. The zero-order valence-corrected chi connectivity index (χ0v) is 17.9. The number of amides is 1. The monoisotopic (exact) mass is 438 g/mol. The molecule has 0 radical (unpaired) electrons. The van der Waals surface area contributed by atoms with Crippen molar-refractivity contribution in [3.8, 4) is 11.5 Å². The molecule has 2 aliphatic rings. The molecule has 8 nitrogen and oxygen atoms in total. The summed E-state index contributed by atoms with van der Waals surface area (Å²) in [6, 6.07) is 10.7. The van der Waals surface area contributed by atoms with Crippen LogP contribution < -0.4 is 15.0 Å². The Kier molecular flexibility index (Phi) is 4.99. The maximum absolute atomic E-state index is 13.1. The van der Waals surface area contributed by atoms with Gasteiger partial charge in [0.1, 0.15) is 0 Å². The Morgan fingerprint density at radius 2 is 1.84 bits per heavy atom. The molecule has 0 spiro atoms. The van der Waals surface area contributed by atoms with Crippen molar-refractivity contribution >= 4 is 29.0 Å². The second-order valence-corrected chi connectivity index (χ2v) is 8.25. The number of piperazine rings is 1. The van der Waals surface area contributed by atoms with Gasteiger partial charge in [-0.2, -0.15) is 0 Å². The predicted molar refractivity (Wildman–Crippen MR) is 118 cm³/mol. The number of hydrogen-bond acceptors (Lipinski definition) is 6. The lowest BCUT2D eigenvalue weighted by Crippen LogP contribution is -2.47. The Labute approximate surface area is 183 Å². The Balaban J connectivity index is 1.46. The van der Waals surface area contributed by atoms with Crippen LogP contribution >= 0.6 is 12.2 Å². The van der Waals surface area contributed by atoms with E-state index in [1.165, 1.54) is 4.57 Å². The van der Waals surface area contributed by atoms with Crippen molar-refractivity contribution < 1.29 is 14.3 Å². The minimum Gasteiger partial charge on any atom is -0.454 e. The van der Waals surface area contributed by atoms with Crippen LogP contribution in [0.2, 0.25) is 0 Å². The van der Waals surface area contributed by atoms with Crippen LogP contribution in [0.5, 0.6) is 11.5 Å². The van der Waals surface area contributed by atoms with Crippen LogP contribution in [0.4, 0.5) is 0 Å². The number of nitrogens with one attached hydrogen (secondary N) is 1. The fourth-order valence-electron chi connectivity index (χ4n) is 3.95. The standard InChI is InChI=1S/C22H22N4O4S/c1-24-6-8-25(9-7-24)20(27)15-3-4-16-17(11-15)23-22(31)26(21(16)28)12-14-2-5-18-19(10-14)30-13-29-18/h2-5,10-11H,6-9,12-13H2,1H3,(H,23,31). The maximum Gasteiger partial charge on any atom is 0.262 e. The number of aromatic nitrogens is 2. The molecular weight excluding hydrogens is 416 g/mol. The van der Waals surface area contributed by atoms with Crippen LogP contribution in [0.25, 0.3) is 10.9 Å². The average molecular weight is 439 g/mol. The molecule has 160 valence electrons. The first-order valence-electron chi connectivity index (χ1n) is 10.1. The molecule has 31 heavy (non-hydrogen) atoms. The number of ether oxygens (including phenoxy) is 2. The summed E-state index contributed by atoms with van der Waals surface area (Å²) in [7, 11) is 2.05. The zero-order valence-electron chi connectivity index (χ0n) is 17.1. The predicted octanol–water partition coefficient (Wildman–Crippen LogP) is 2.22. The van der Waals surface area contributed by atoms with Gasteiger partial charge >= 0.3 is 0 Å². The summed E-state index contributed by atoms with van der Waals surface area (Å²) < 4.78 is 12.6. The Morgan fingerprint density at radius 1 is 1.06 bits per heavy atom. The molecule has 0 bridgehead atoms. The van der Waals surface area contributed by atoms with Crippen molar-refractivity contribution in [1.82, 2.24) is 19.4 Å². The van der Waals surface area contributed by atoms with Gasteiger partial charge < -0.3 is 24.3 Å². The lowest BCUT2D eigenvalue weighted by molar-refractivity contribution is 0.0664. The Morgan fingerprint density at radius 3 is 2.65 bits per heavy atom. The molecule has 0 unspecified atom stereocenters. The van der Waals surface area contributed by atoms with Gasteiger partial charge in [0.2, 0.25) is 6.79 Å². The van der Waals surface area contributed by atoms with Crippen molar-refractivity contribution in [2.75, 3.05) is 40.0 Å². The summed E-state index contributed by atoms with van der Waals surface area (Å²) in [4.78, 5) is 33.2. The second kappa shape index (κ2) is 7.82. The number of carbonyl (C=O) groups excluding carboxylic acids is 1. The Hall–Kier alpha value is -3.17. The van der Waals surface area contributed by atoms with Crippen molar-refractivity contribution in [2.24, 2.45) is 0 Å². The van der Waals surface area contributed by atoms with E-state index in [0.29, 0.717) is 52.4 Å². The van der Waals surface area contributed by atoms with Crippen molar-refractivity contribution in [1.29, 1.82) is 0 Å². The summed E-state index contributed by atoms with van der Waals surface area (Å²) in [5.74, 6) is 1.32. The number of rotatable bonds is 3. The van der Waals surface area contributed by atoms with Crippen LogP contribution in [0.3, 0.4) is 0 Å². The molecule has 1 saturated heterocycles. The normalized spacial score (nSPS) is 16.1. The molecule has 0 aliphatic carbocycles. The van der Waals surface area contributed by atoms with Gasteiger partial charge in [0.05, 0.1) is 17.4 Å². The summed E-state index contributed by atoms with van der Waals surface area (Å²) in [6.07, 6.45) is 0. The number of fused-ring (bicyclic) bond motifs is 2. The SMILES string of the molecule is CN1CCN(C(=O)c2ccc3c(=O)n(Cc4ccc5c(c4)OCO5)c(=S)[nH]c3c2)CC1. The first-order valence-corrected chi connectivity index (χ1v) is 10.5. The summed E-state index contributed by atoms with van der Waals surface area (Å²) >= 11 is 5.46. The van der Waals surface area contributed by atoms with E-state index in [1.807, 2.05) is 30.1 Å². The van der Waals surface area contributed by atoms with E-state index < -0.39 is 0 Å². The first-order chi connectivity index (χ1) is 15.0. The third-order valence-corrected chi connectivity index (χ3v) is 6.12. The molecular formula is C22H22N4O4S. The van der Waals surface area contributed by atoms with E-state index in [0.717, 1.165) is 18.7 Å². The van der Waals surface area contributed by atoms with Gasteiger partial charge in [0, 0.05) is 31.7 Å². The number of likely N-dealkylation sites (N-methyl/N-ethyl adjacent to an activating group) is 1. The molecule has 1 amide bonds. The van der Waals surface area contributed by atoms with E-state index in [4.69, 9.17) is 21.7 Å². The molecule has 3 heterocycles. The van der Waals surface area contributed by atoms with E-state index in [1.54, 1.807) is 18.2 Å². The molecule has 1 fully saturated rings. The van der Waals surface area contributed by atoms with Gasteiger partial charge in [-0.15, -0.1) is 0 Å². The lowest BCUT2D eigenvalue weighted by atomic mass is 10.1. The summed E-state index contributed by atoms with van der Waals surface area (Å²) in [5.41, 5.74) is 1.80. The van der Waals surface area contributed by atoms with Crippen molar-refractivity contribution in [3.05, 3.63) is 62.6 Å². The van der Waals surface area contributed by atoms with Gasteiger partial charge in [0.25, 0.3) is 11.5 Å². The average Bonchev–Trinajstić information content (AvgIpc) is 3.24. The number of aromatic amines is 1. The maximum atomic E-state index is 13.1. The summed E-state index contributed by atoms with van der Waals surface area (Å²) in [5, 5.41) is 0.490. The summed E-state index contributed by atoms with van der Waals surface area (Å²) in [6.45, 7) is 3.60. The Bertz CT molecular complexity index is 1290. The lowest BCUT2D eigenvalue weighted by Gasteiger charge is -2.32. The highest BCUT2D eigenvalue weighted by Crippen LogP contribution is 2.32. The van der Waals surface area contributed by atoms with Gasteiger partial charge in [-0.1, -0.05) is 6.07 Å². The number of H-pyrrole nitrogens is 1. The third kappa shape index (κ3) is 3.70. The van der Waals surface area contributed by atoms with Crippen LogP contribution in [-0.4, -0.2) is 65.3 Å². The molecule has 2 aromatic carbocycles. The van der Waals surface area contributed by atoms with E-state index in [-0.39, 0.29) is 18.3 Å². The largest absolute Gasteiger partial charge is 0.454 e. The minimum atomic E-state index is -0.199. The van der Waals surface area contributed by atoms with Gasteiger partial charge in [-0.25, -0.2) is 0 Å². The third-order valence-electron chi connectivity index (χ3n) is 5.80. The molecule has 1 aromatic heterocycles. The molecule has 5 rings (SSSR count).